The number of nitrogens with zero attached hydrogens (tertiary/aromatic N) is 2. The van der Waals surface area contributed by atoms with E-state index in [9.17, 15) is 0 Å². The van der Waals surface area contributed by atoms with Crippen LogP contribution < -0.4 is 5.32 Å². The second kappa shape index (κ2) is 5.82. The van der Waals surface area contributed by atoms with Crippen LogP contribution in [0.5, 0.6) is 0 Å². The van der Waals surface area contributed by atoms with Crippen molar-refractivity contribution >= 4 is 28.2 Å². The molecule has 0 aliphatic heterocycles. The Hall–Kier alpha value is -2.57. The molecule has 0 atom stereocenters. The van der Waals surface area contributed by atoms with Gasteiger partial charge >= 0.3 is 0 Å². The molecule has 3 aromatic rings. The fraction of sp³-hybridized carbons (Fsp3) is 0.0588. The van der Waals surface area contributed by atoms with Gasteiger partial charge in [0.25, 0.3) is 0 Å². The average molecular weight is 294 g/mol. The Morgan fingerprint density at radius 3 is 2.90 bits per heavy atom. The predicted octanol–water partition coefficient (Wildman–Crippen LogP) is 4.37. The number of nitrogens with one attached hydrogen (secondary N) is 1. The summed E-state index contributed by atoms with van der Waals surface area (Å²) in [6.07, 6.45) is 1.79. The van der Waals surface area contributed by atoms with Crippen molar-refractivity contribution in [3.8, 4) is 6.07 Å². The van der Waals surface area contributed by atoms with E-state index in [-0.39, 0.29) is 0 Å². The maximum atomic E-state index is 8.98. The number of hydrogen-bond donors (Lipinski definition) is 1. The molecule has 0 radical (unpaired) electrons. The Morgan fingerprint density at radius 1 is 1.14 bits per heavy atom. The van der Waals surface area contributed by atoms with Crippen molar-refractivity contribution in [1.29, 1.82) is 5.26 Å². The summed E-state index contributed by atoms with van der Waals surface area (Å²) in [5, 5.41) is 13.9. The summed E-state index contributed by atoms with van der Waals surface area (Å²) >= 11 is 5.92. The second-order valence-corrected chi connectivity index (χ2v) is 5.10. The molecule has 1 N–H and O–H groups in total. The van der Waals surface area contributed by atoms with E-state index in [1.165, 1.54) is 0 Å². The molecule has 0 bridgehead atoms. The van der Waals surface area contributed by atoms with Crippen LogP contribution >= 0.6 is 11.6 Å². The number of fused-ring (bicyclic) bond motifs is 1. The predicted molar refractivity (Wildman–Crippen MR) is 85.2 cm³/mol. The number of rotatable bonds is 3. The summed E-state index contributed by atoms with van der Waals surface area (Å²) in [7, 11) is 0. The highest BCUT2D eigenvalue weighted by molar-refractivity contribution is 6.31. The largest absolute Gasteiger partial charge is 0.381 e. The standard InChI is InChI=1S/C17H12ClN3/c18-16-5-4-15(9-14(16)10-19)21-11-12-3-6-17-13(8-12)2-1-7-20-17/h1-9,21H,11H2. The van der Waals surface area contributed by atoms with Gasteiger partial charge in [0.15, 0.2) is 0 Å². The molecule has 21 heavy (non-hydrogen) atoms. The first-order valence-corrected chi connectivity index (χ1v) is 6.91. The number of halogens is 1. The number of benzene rings is 2. The van der Waals surface area contributed by atoms with E-state index in [1.807, 2.05) is 30.3 Å². The molecule has 2 aromatic carbocycles. The van der Waals surface area contributed by atoms with Crippen LogP contribution in [0.3, 0.4) is 0 Å². The van der Waals surface area contributed by atoms with Crippen LogP contribution in [0, 0.1) is 11.3 Å². The van der Waals surface area contributed by atoms with Gasteiger partial charge in [0.2, 0.25) is 0 Å². The SMILES string of the molecule is N#Cc1cc(NCc2ccc3ncccc3c2)ccc1Cl. The first kappa shape index (κ1) is 13.4. The number of anilines is 1. The van der Waals surface area contributed by atoms with Gasteiger partial charge in [-0.1, -0.05) is 23.7 Å². The molecule has 0 saturated heterocycles. The maximum Gasteiger partial charge on any atom is 0.101 e. The van der Waals surface area contributed by atoms with Crippen LogP contribution in [-0.4, -0.2) is 4.98 Å². The van der Waals surface area contributed by atoms with Crippen molar-refractivity contribution in [3.63, 3.8) is 0 Å². The zero-order chi connectivity index (χ0) is 14.7. The van der Waals surface area contributed by atoms with Gasteiger partial charge in [-0.3, -0.25) is 4.98 Å². The van der Waals surface area contributed by atoms with E-state index < -0.39 is 0 Å². The van der Waals surface area contributed by atoms with Crippen molar-refractivity contribution in [1.82, 2.24) is 4.98 Å². The lowest BCUT2D eigenvalue weighted by Gasteiger charge is -2.08. The maximum absolute atomic E-state index is 8.98. The van der Waals surface area contributed by atoms with Crippen LogP contribution in [0.4, 0.5) is 5.69 Å². The Morgan fingerprint density at radius 2 is 2.05 bits per heavy atom. The van der Waals surface area contributed by atoms with Gasteiger partial charge in [-0.15, -0.1) is 0 Å². The van der Waals surface area contributed by atoms with E-state index in [4.69, 9.17) is 16.9 Å². The molecule has 102 valence electrons. The minimum absolute atomic E-state index is 0.472. The first-order valence-electron chi connectivity index (χ1n) is 6.53. The molecule has 0 aliphatic rings. The zero-order valence-corrected chi connectivity index (χ0v) is 11.9. The van der Waals surface area contributed by atoms with E-state index in [0.717, 1.165) is 22.2 Å². The van der Waals surface area contributed by atoms with E-state index >= 15 is 0 Å². The van der Waals surface area contributed by atoms with Crippen molar-refractivity contribution < 1.29 is 0 Å². The van der Waals surface area contributed by atoms with Gasteiger partial charge in [-0.25, -0.2) is 0 Å². The highest BCUT2D eigenvalue weighted by atomic mass is 35.5. The highest BCUT2D eigenvalue weighted by Crippen LogP contribution is 2.20. The number of aromatic nitrogens is 1. The second-order valence-electron chi connectivity index (χ2n) is 4.69. The number of hydrogen-bond acceptors (Lipinski definition) is 3. The normalized spacial score (nSPS) is 10.3. The monoisotopic (exact) mass is 293 g/mol. The summed E-state index contributed by atoms with van der Waals surface area (Å²) in [5.41, 5.74) is 3.50. The van der Waals surface area contributed by atoms with E-state index in [1.54, 1.807) is 18.3 Å². The van der Waals surface area contributed by atoms with Gasteiger partial charge in [0.1, 0.15) is 6.07 Å². The number of nitriles is 1. The quantitative estimate of drug-likeness (QED) is 0.780. The Labute approximate surface area is 127 Å². The topological polar surface area (TPSA) is 48.7 Å². The molecule has 0 fully saturated rings. The van der Waals surface area contributed by atoms with Crippen molar-refractivity contribution in [3.05, 3.63) is 70.9 Å². The van der Waals surface area contributed by atoms with Crippen molar-refractivity contribution in [2.75, 3.05) is 5.32 Å². The zero-order valence-electron chi connectivity index (χ0n) is 11.2. The lowest BCUT2D eigenvalue weighted by atomic mass is 10.1. The third-order valence-corrected chi connectivity index (χ3v) is 3.58. The van der Waals surface area contributed by atoms with Crippen LogP contribution in [0.25, 0.3) is 10.9 Å². The highest BCUT2D eigenvalue weighted by Gasteiger charge is 2.02. The smallest absolute Gasteiger partial charge is 0.101 e. The van der Waals surface area contributed by atoms with Gasteiger partial charge in [-0.05, 0) is 42.0 Å². The fourth-order valence-electron chi connectivity index (χ4n) is 2.16. The van der Waals surface area contributed by atoms with Crippen LogP contribution in [-0.2, 0) is 6.54 Å². The Balaban J connectivity index is 1.78. The summed E-state index contributed by atoms with van der Waals surface area (Å²) < 4.78 is 0. The van der Waals surface area contributed by atoms with Crippen LogP contribution in [0.1, 0.15) is 11.1 Å². The average Bonchev–Trinajstić information content (AvgIpc) is 2.54. The first-order chi connectivity index (χ1) is 10.3. The molecule has 0 saturated carbocycles. The fourth-order valence-corrected chi connectivity index (χ4v) is 2.32. The van der Waals surface area contributed by atoms with Crippen molar-refractivity contribution in [2.24, 2.45) is 0 Å². The minimum Gasteiger partial charge on any atom is -0.381 e. The summed E-state index contributed by atoms with van der Waals surface area (Å²) in [5.74, 6) is 0. The molecular weight excluding hydrogens is 282 g/mol. The lowest BCUT2D eigenvalue weighted by Crippen LogP contribution is -1.99. The molecule has 1 aromatic heterocycles. The molecule has 3 nitrogen and oxygen atoms in total. The van der Waals surface area contributed by atoms with Crippen LogP contribution in [0.15, 0.2) is 54.7 Å². The molecule has 0 aliphatic carbocycles. The number of pyridine rings is 1. The van der Waals surface area contributed by atoms with Crippen LogP contribution in [0.2, 0.25) is 5.02 Å². The molecule has 0 unspecified atom stereocenters. The molecule has 0 amide bonds. The van der Waals surface area contributed by atoms with E-state index in [0.29, 0.717) is 17.1 Å². The summed E-state index contributed by atoms with van der Waals surface area (Å²) in [6.45, 7) is 0.678. The van der Waals surface area contributed by atoms with Gasteiger partial charge < -0.3 is 5.32 Å². The molecular formula is C17H12ClN3. The van der Waals surface area contributed by atoms with Gasteiger partial charge in [0.05, 0.1) is 16.1 Å². The lowest BCUT2D eigenvalue weighted by molar-refractivity contribution is 1.15. The Bertz CT molecular complexity index is 837. The summed E-state index contributed by atoms with van der Waals surface area (Å²) in [4.78, 5) is 4.30. The molecule has 4 heteroatoms. The molecule has 3 rings (SSSR count). The third kappa shape index (κ3) is 2.96. The molecule has 1 heterocycles. The Kier molecular flexibility index (Phi) is 3.72. The molecule has 0 spiro atoms. The van der Waals surface area contributed by atoms with Gasteiger partial charge in [-0.2, -0.15) is 5.26 Å². The minimum atomic E-state index is 0.472. The third-order valence-electron chi connectivity index (χ3n) is 3.25. The van der Waals surface area contributed by atoms with Crippen molar-refractivity contribution in [2.45, 2.75) is 6.54 Å². The summed E-state index contributed by atoms with van der Waals surface area (Å²) in [6, 6.07) is 17.6. The van der Waals surface area contributed by atoms with E-state index in [2.05, 4.69) is 22.4 Å². The van der Waals surface area contributed by atoms with Gasteiger partial charge in [0, 0.05) is 23.8 Å².